The highest BCUT2D eigenvalue weighted by molar-refractivity contribution is 8.00. The SMILES string of the molecule is CC(C)(C)OC(=O)NCCOCCOCCOCCOCCOCCNC(=O)CCCCC1SC[C@H]2NC(=O)N[C@@H]12. The fourth-order valence-electron chi connectivity index (χ4n) is 4.15. The highest BCUT2D eigenvalue weighted by Crippen LogP contribution is 2.33. The molecule has 0 radical (unpaired) electrons. The van der Waals surface area contributed by atoms with Gasteiger partial charge in [0.25, 0.3) is 0 Å². The molecule has 0 aliphatic carbocycles. The first-order chi connectivity index (χ1) is 19.7. The summed E-state index contributed by atoms with van der Waals surface area (Å²) in [7, 11) is 0. The second kappa shape index (κ2) is 20.9. The predicted octanol–water partition coefficient (Wildman–Crippen LogP) is 1.44. The first-order valence-electron chi connectivity index (χ1n) is 14.6. The van der Waals surface area contributed by atoms with E-state index in [1.54, 1.807) is 0 Å². The van der Waals surface area contributed by atoms with Gasteiger partial charge in [0.1, 0.15) is 5.60 Å². The second-order valence-corrected chi connectivity index (χ2v) is 12.0. The van der Waals surface area contributed by atoms with Crippen LogP contribution in [-0.2, 0) is 33.2 Å². The van der Waals surface area contributed by atoms with Crippen LogP contribution in [0, 0.1) is 0 Å². The monoisotopic (exact) mass is 606 g/mol. The Hall–Kier alpha value is -1.84. The molecule has 4 N–H and O–H groups in total. The van der Waals surface area contributed by atoms with Gasteiger partial charge < -0.3 is 49.7 Å². The van der Waals surface area contributed by atoms with E-state index in [1.807, 2.05) is 32.5 Å². The molecule has 14 heteroatoms. The zero-order chi connectivity index (χ0) is 29.8. The summed E-state index contributed by atoms with van der Waals surface area (Å²) < 4.78 is 32.3. The number of hydrogen-bond acceptors (Lipinski definition) is 10. The highest BCUT2D eigenvalue weighted by atomic mass is 32.2. The fourth-order valence-corrected chi connectivity index (χ4v) is 5.69. The van der Waals surface area contributed by atoms with Crippen LogP contribution in [0.2, 0.25) is 0 Å². The van der Waals surface area contributed by atoms with Gasteiger partial charge in [-0.05, 0) is 33.6 Å². The number of amides is 4. The molecule has 1 unspecified atom stereocenters. The topological polar surface area (TPSA) is 155 Å². The third-order valence-electron chi connectivity index (χ3n) is 6.05. The summed E-state index contributed by atoms with van der Waals surface area (Å²) >= 11 is 1.90. The summed E-state index contributed by atoms with van der Waals surface area (Å²) in [5, 5.41) is 11.9. The first-order valence-corrected chi connectivity index (χ1v) is 15.6. The summed E-state index contributed by atoms with van der Waals surface area (Å²) in [6, 6.07) is 0.409. The Labute approximate surface area is 248 Å². The van der Waals surface area contributed by atoms with Crippen molar-refractivity contribution < 1.29 is 42.8 Å². The van der Waals surface area contributed by atoms with E-state index in [1.165, 1.54) is 0 Å². The van der Waals surface area contributed by atoms with E-state index in [4.69, 9.17) is 28.4 Å². The summed E-state index contributed by atoms with van der Waals surface area (Å²) in [5.74, 6) is 1.00. The molecular weight excluding hydrogens is 556 g/mol. The first kappa shape index (κ1) is 35.4. The van der Waals surface area contributed by atoms with Crippen LogP contribution in [0.15, 0.2) is 0 Å². The van der Waals surface area contributed by atoms with Crippen LogP contribution in [0.1, 0.15) is 46.5 Å². The van der Waals surface area contributed by atoms with Crippen molar-refractivity contribution in [1.82, 2.24) is 21.3 Å². The highest BCUT2D eigenvalue weighted by Gasteiger charge is 2.42. The normalized spacial score (nSPS) is 19.9. The number of thioether (sulfide) groups is 1. The quantitative estimate of drug-likeness (QED) is 0.0992. The molecule has 0 aromatic carbocycles. The molecular formula is C27H50N4O9S. The largest absolute Gasteiger partial charge is 0.444 e. The van der Waals surface area contributed by atoms with Crippen molar-refractivity contribution in [2.24, 2.45) is 0 Å². The number of hydrogen-bond donors (Lipinski definition) is 4. The second-order valence-electron chi connectivity index (χ2n) is 10.7. The standard InChI is InChI=1S/C27H50N4O9S/c1-27(2,3)40-26(34)29-9-11-36-13-15-38-17-19-39-18-16-37-14-12-35-10-8-28-23(32)7-5-4-6-22-24-21(20-41-22)30-25(33)31-24/h21-22,24H,4-20H2,1-3H3,(H,28,32)(H,29,34)(H2,30,31,33)/t21-,22?,24-/m1/s1. The van der Waals surface area contributed by atoms with E-state index in [-0.39, 0.29) is 24.0 Å². The van der Waals surface area contributed by atoms with Crippen LogP contribution in [0.25, 0.3) is 0 Å². The maximum absolute atomic E-state index is 12.0. The number of ether oxygens (including phenoxy) is 6. The van der Waals surface area contributed by atoms with Gasteiger partial charge in [-0.2, -0.15) is 11.8 Å². The number of alkyl carbamates (subject to hydrolysis) is 1. The van der Waals surface area contributed by atoms with Crippen molar-refractivity contribution in [2.75, 3.05) is 84.9 Å². The van der Waals surface area contributed by atoms with E-state index < -0.39 is 11.7 Å². The van der Waals surface area contributed by atoms with Crippen molar-refractivity contribution in [1.29, 1.82) is 0 Å². The van der Waals surface area contributed by atoms with Crippen LogP contribution in [0.5, 0.6) is 0 Å². The lowest BCUT2D eigenvalue weighted by molar-refractivity contribution is -0.121. The third kappa shape index (κ3) is 17.7. The van der Waals surface area contributed by atoms with E-state index in [9.17, 15) is 14.4 Å². The Kier molecular flexibility index (Phi) is 18.1. The lowest BCUT2D eigenvalue weighted by Crippen LogP contribution is -2.36. The van der Waals surface area contributed by atoms with Crippen LogP contribution in [-0.4, -0.2) is 126 Å². The zero-order valence-corrected chi connectivity index (χ0v) is 25.7. The third-order valence-corrected chi connectivity index (χ3v) is 7.56. The summed E-state index contributed by atoms with van der Waals surface area (Å²) in [5.41, 5.74) is -0.513. The van der Waals surface area contributed by atoms with Gasteiger partial charge in [0, 0.05) is 30.5 Å². The molecule has 4 amide bonds. The van der Waals surface area contributed by atoms with Gasteiger partial charge in [-0.25, -0.2) is 9.59 Å². The zero-order valence-electron chi connectivity index (χ0n) is 24.8. The number of rotatable bonds is 23. The number of carbonyl (C=O) groups excluding carboxylic acids is 3. The Balaban J connectivity index is 1.23. The van der Waals surface area contributed by atoms with Gasteiger partial charge in [-0.3, -0.25) is 4.79 Å². The summed E-state index contributed by atoms with van der Waals surface area (Å²) in [6.07, 6.45) is 2.88. The average Bonchev–Trinajstić information content (AvgIpc) is 3.46. The molecule has 41 heavy (non-hydrogen) atoms. The molecule has 2 fully saturated rings. The number of urea groups is 1. The molecule has 2 heterocycles. The number of fused-ring (bicyclic) bond motifs is 1. The minimum absolute atomic E-state index is 0.0406. The molecule has 238 valence electrons. The van der Waals surface area contributed by atoms with Crippen molar-refractivity contribution in [3.63, 3.8) is 0 Å². The van der Waals surface area contributed by atoms with Gasteiger partial charge in [-0.15, -0.1) is 0 Å². The minimum Gasteiger partial charge on any atom is -0.444 e. The molecule has 0 saturated carbocycles. The van der Waals surface area contributed by atoms with E-state index in [0.29, 0.717) is 90.8 Å². The van der Waals surface area contributed by atoms with Crippen molar-refractivity contribution in [3.05, 3.63) is 0 Å². The van der Waals surface area contributed by atoms with E-state index >= 15 is 0 Å². The Bertz CT molecular complexity index is 757. The predicted molar refractivity (Wildman–Crippen MR) is 155 cm³/mol. The average molecular weight is 607 g/mol. The number of nitrogens with one attached hydrogen (secondary N) is 4. The van der Waals surface area contributed by atoms with E-state index in [0.717, 1.165) is 25.0 Å². The number of carbonyl (C=O) groups is 3. The Morgan fingerprint density at radius 1 is 0.805 bits per heavy atom. The number of unbranched alkanes of at least 4 members (excludes halogenated alkanes) is 1. The van der Waals surface area contributed by atoms with Crippen molar-refractivity contribution >= 4 is 29.8 Å². The molecule has 2 saturated heterocycles. The molecule has 0 aromatic heterocycles. The molecule has 0 bridgehead atoms. The Morgan fingerprint density at radius 2 is 1.34 bits per heavy atom. The lowest BCUT2D eigenvalue weighted by Gasteiger charge is -2.19. The molecule has 13 nitrogen and oxygen atoms in total. The van der Waals surface area contributed by atoms with Crippen LogP contribution < -0.4 is 21.3 Å². The van der Waals surface area contributed by atoms with Crippen LogP contribution in [0.4, 0.5) is 9.59 Å². The smallest absolute Gasteiger partial charge is 0.407 e. The van der Waals surface area contributed by atoms with Crippen LogP contribution >= 0.6 is 11.8 Å². The van der Waals surface area contributed by atoms with Gasteiger partial charge >= 0.3 is 12.1 Å². The molecule has 2 rings (SSSR count). The van der Waals surface area contributed by atoms with Gasteiger partial charge in [0.15, 0.2) is 0 Å². The molecule has 3 atom stereocenters. The molecule has 0 aromatic rings. The minimum atomic E-state index is -0.513. The molecule has 2 aliphatic heterocycles. The summed E-state index contributed by atoms with van der Waals surface area (Å²) in [6.45, 7) is 10.8. The summed E-state index contributed by atoms with van der Waals surface area (Å²) in [4.78, 5) is 34.9. The van der Waals surface area contributed by atoms with E-state index in [2.05, 4.69) is 21.3 Å². The van der Waals surface area contributed by atoms with Gasteiger partial charge in [0.2, 0.25) is 5.91 Å². The van der Waals surface area contributed by atoms with Crippen molar-refractivity contribution in [3.8, 4) is 0 Å². The van der Waals surface area contributed by atoms with Gasteiger partial charge in [-0.1, -0.05) is 6.42 Å². The maximum atomic E-state index is 12.0. The molecule has 2 aliphatic rings. The Morgan fingerprint density at radius 3 is 1.90 bits per heavy atom. The fraction of sp³-hybridized carbons (Fsp3) is 0.889. The lowest BCUT2D eigenvalue weighted by atomic mass is 10.0. The maximum Gasteiger partial charge on any atom is 0.407 e. The van der Waals surface area contributed by atoms with Gasteiger partial charge in [0.05, 0.1) is 78.2 Å². The molecule has 0 spiro atoms. The van der Waals surface area contributed by atoms with Crippen molar-refractivity contribution in [2.45, 2.75) is 69.4 Å². The van der Waals surface area contributed by atoms with Crippen LogP contribution in [0.3, 0.4) is 0 Å².